The van der Waals surface area contributed by atoms with Crippen molar-refractivity contribution >= 4 is 5.91 Å². The van der Waals surface area contributed by atoms with E-state index in [1.165, 1.54) is 13.1 Å². The minimum absolute atomic E-state index is 0.120. The quantitative estimate of drug-likeness (QED) is 0.861. The van der Waals surface area contributed by atoms with Crippen LogP contribution in [0.4, 0.5) is 13.2 Å². The fourth-order valence-electron chi connectivity index (χ4n) is 1.24. The maximum absolute atomic E-state index is 12.7. The molecule has 1 aromatic carbocycles. The van der Waals surface area contributed by atoms with Crippen LogP contribution in [0.5, 0.6) is 5.75 Å². The number of carbonyl (C=O) groups is 1. The number of hydrogen-bond donors (Lipinski definition) is 2. The lowest BCUT2D eigenvalue weighted by atomic mass is 10.1. The third-order valence-electron chi connectivity index (χ3n) is 2.17. The highest BCUT2D eigenvalue weighted by Gasteiger charge is 2.34. The number of carbonyl (C=O) groups excluding carboxylic acids is 1. The summed E-state index contributed by atoms with van der Waals surface area (Å²) in [6, 6.07) is 3.17. The molecule has 4 nitrogen and oxygen atoms in total. The first kappa shape index (κ1) is 14.3. The molecule has 1 aromatic rings. The third-order valence-corrected chi connectivity index (χ3v) is 2.17. The van der Waals surface area contributed by atoms with Crippen LogP contribution in [0.3, 0.4) is 0 Å². The lowest BCUT2D eigenvalue weighted by molar-refractivity contribution is -0.139. The van der Waals surface area contributed by atoms with Crippen molar-refractivity contribution in [2.75, 3.05) is 13.7 Å². The molecule has 1 amide bonds. The molecule has 0 unspecified atom stereocenters. The highest BCUT2D eigenvalue weighted by molar-refractivity contribution is 5.77. The Labute approximate surface area is 101 Å². The molecule has 0 aromatic heterocycles. The first-order valence-electron chi connectivity index (χ1n) is 5.03. The number of amides is 1. The Kier molecular flexibility index (Phi) is 4.55. The average molecular weight is 263 g/mol. The van der Waals surface area contributed by atoms with Crippen molar-refractivity contribution in [2.24, 2.45) is 0 Å². The fraction of sp³-hybridized carbons (Fsp3) is 0.364. The summed E-state index contributed by atoms with van der Waals surface area (Å²) in [5, 5.41) is 11.0. The van der Waals surface area contributed by atoms with E-state index in [1.54, 1.807) is 0 Å². The Hall–Kier alpha value is -1.76. The summed E-state index contributed by atoms with van der Waals surface area (Å²) in [7, 11) is 1.35. The van der Waals surface area contributed by atoms with Crippen LogP contribution in [0.1, 0.15) is 11.1 Å². The van der Waals surface area contributed by atoms with Crippen LogP contribution in [0.15, 0.2) is 18.2 Å². The SMILES string of the molecule is CNC(=O)COc1ccc(CO)cc1C(F)(F)F. The molecular weight excluding hydrogens is 251 g/mol. The van der Waals surface area contributed by atoms with Crippen molar-refractivity contribution in [3.63, 3.8) is 0 Å². The van der Waals surface area contributed by atoms with Crippen LogP contribution < -0.4 is 10.1 Å². The number of likely N-dealkylation sites (N-methyl/N-ethyl adjacent to an activating group) is 1. The molecule has 18 heavy (non-hydrogen) atoms. The summed E-state index contributed by atoms with van der Waals surface area (Å²) >= 11 is 0. The predicted molar refractivity (Wildman–Crippen MR) is 56.9 cm³/mol. The van der Waals surface area contributed by atoms with E-state index in [0.717, 1.165) is 12.1 Å². The summed E-state index contributed by atoms with van der Waals surface area (Å²) in [4.78, 5) is 10.9. The zero-order chi connectivity index (χ0) is 13.8. The molecule has 0 atom stereocenters. The summed E-state index contributed by atoms with van der Waals surface area (Å²) < 4.78 is 42.9. The van der Waals surface area contributed by atoms with E-state index in [4.69, 9.17) is 9.84 Å². The second-order valence-electron chi connectivity index (χ2n) is 3.45. The Balaban J connectivity index is 2.99. The number of hydrogen-bond acceptors (Lipinski definition) is 3. The molecule has 100 valence electrons. The molecule has 0 bridgehead atoms. The van der Waals surface area contributed by atoms with Crippen molar-refractivity contribution in [1.82, 2.24) is 5.32 Å². The van der Waals surface area contributed by atoms with E-state index >= 15 is 0 Å². The number of aliphatic hydroxyl groups is 1. The standard InChI is InChI=1S/C11H12F3NO3/c1-15-10(17)6-18-9-3-2-7(5-16)4-8(9)11(12,13)14/h2-4,16H,5-6H2,1H3,(H,15,17). The maximum Gasteiger partial charge on any atom is 0.419 e. The highest BCUT2D eigenvalue weighted by Crippen LogP contribution is 2.36. The monoisotopic (exact) mass is 263 g/mol. The number of ether oxygens (including phenoxy) is 1. The van der Waals surface area contributed by atoms with Crippen LogP contribution in [-0.2, 0) is 17.6 Å². The molecule has 2 N–H and O–H groups in total. The number of rotatable bonds is 4. The molecule has 0 spiro atoms. The van der Waals surface area contributed by atoms with Gasteiger partial charge in [-0.05, 0) is 17.7 Å². The van der Waals surface area contributed by atoms with Gasteiger partial charge >= 0.3 is 6.18 Å². The zero-order valence-corrected chi connectivity index (χ0v) is 9.54. The molecule has 0 saturated carbocycles. The number of aliphatic hydroxyl groups excluding tert-OH is 1. The smallest absolute Gasteiger partial charge is 0.419 e. The minimum atomic E-state index is -4.61. The van der Waals surface area contributed by atoms with Gasteiger partial charge in [-0.1, -0.05) is 6.07 Å². The van der Waals surface area contributed by atoms with Crippen molar-refractivity contribution in [3.8, 4) is 5.75 Å². The number of alkyl halides is 3. The Morgan fingerprint density at radius 2 is 2.11 bits per heavy atom. The van der Waals surface area contributed by atoms with E-state index in [0.29, 0.717) is 0 Å². The molecule has 0 saturated heterocycles. The van der Waals surface area contributed by atoms with Crippen LogP contribution in [0.25, 0.3) is 0 Å². The Morgan fingerprint density at radius 1 is 1.44 bits per heavy atom. The van der Waals surface area contributed by atoms with Crippen LogP contribution in [0.2, 0.25) is 0 Å². The molecule has 0 fully saturated rings. The van der Waals surface area contributed by atoms with Crippen LogP contribution in [-0.4, -0.2) is 24.7 Å². The average Bonchev–Trinajstić information content (AvgIpc) is 2.34. The van der Waals surface area contributed by atoms with Gasteiger partial charge in [0.25, 0.3) is 5.91 Å². The largest absolute Gasteiger partial charge is 0.483 e. The van der Waals surface area contributed by atoms with E-state index < -0.39 is 36.6 Å². The Morgan fingerprint density at radius 3 is 2.61 bits per heavy atom. The van der Waals surface area contributed by atoms with Crippen LogP contribution >= 0.6 is 0 Å². The van der Waals surface area contributed by atoms with Gasteiger partial charge in [-0.25, -0.2) is 0 Å². The van der Waals surface area contributed by atoms with Gasteiger partial charge in [0.1, 0.15) is 5.75 Å². The van der Waals surface area contributed by atoms with Crippen molar-refractivity contribution < 1.29 is 27.8 Å². The highest BCUT2D eigenvalue weighted by atomic mass is 19.4. The molecule has 0 radical (unpaired) electrons. The lowest BCUT2D eigenvalue weighted by Gasteiger charge is -2.14. The van der Waals surface area contributed by atoms with Gasteiger partial charge < -0.3 is 15.2 Å². The minimum Gasteiger partial charge on any atom is -0.483 e. The summed E-state index contributed by atoms with van der Waals surface area (Å²) in [5.41, 5.74) is -0.896. The first-order chi connectivity index (χ1) is 8.38. The van der Waals surface area contributed by atoms with Gasteiger partial charge in [-0.2, -0.15) is 13.2 Å². The summed E-state index contributed by atoms with van der Waals surface area (Å²) in [6.07, 6.45) is -4.61. The van der Waals surface area contributed by atoms with E-state index in [2.05, 4.69) is 5.32 Å². The molecule has 0 aliphatic carbocycles. The zero-order valence-electron chi connectivity index (χ0n) is 9.54. The summed E-state index contributed by atoms with van der Waals surface area (Å²) in [6.45, 7) is -1.00. The van der Waals surface area contributed by atoms with Gasteiger partial charge in [-0.3, -0.25) is 4.79 Å². The molecule has 0 aliphatic heterocycles. The molecule has 0 heterocycles. The second kappa shape index (κ2) is 5.72. The van der Waals surface area contributed by atoms with Crippen LogP contribution in [0, 0.1) is 0 Å². The second-order valence-corrected chi connectivity index (χ2v) is 3.45. The molecule has 0 aliphatic rings. The molecule has 1 rings (SSSR count). The van der Waals surface area contributed by atoms with Crippen molar-refractivity contribution in [1.29, 1.82) is 0 Å². The van der Waals surface area contributed by atoms with E-state index in [1.807, 2.05) is 0 Å². The topological polar surface area (TPSA) is 58.6 Å². The lowest BCUT2D eigenvalue weighted by Crippen LogP contribution is -2.25. The summed E-state index contributed by atoms with van der Waals surface area (Å²) in [5.74, 6) is -0.974. The molecule has 7 heteroatoms. The number of benzene rings is 1. The third kappa shape index (κ3) is 3.63. The van der Waals surface area contributed by atoms with Gasteiger partial charge in [-0.15, -0.1) is 0 Å². The fourth-order valence-corrected chi connectivity index (χ4v) is 1.24. The van der Waals surface area contributed by atoms with Gasteiger partial charge in [0.15, 0.2) is 6.61 Å². The van der Waals surface area contributed by atoms with Gasteiger partial charge in [0, 0.05) is 7.05 Å². The number of nitrogens with one attached hydrogen (secondary N) is 1. The number of halogens is 3. The van der Waals surface area contributed by atoms with E-state index in [9.17, 15) is 18.0 Å². The first-order valence-corrected chi connectivity index (χ1v) is 5.03. The molecular formula is C11H12F3NO3. The van der Waals surface area contributed by atoms with Gasteiger partial charge in [0.05, 0.1) is 12.2 Å². The van der Waals surface area contributed by atoms with E-state index in [-0.39, 0.29) is 5.56 Å². The predicted octanol–water partition coefficient (Wildman–Crippen LogP) is 1.32. The Bertz CT molecular complexity index is 432. The van der Waals surface area contributed by atoms with Gasteiger partial charge in [0.2, 0.25) is 0 Å². The van der Waals surface area contributed by atoms with Crippen molar-refractivity contribution in [2.45, 2.75) is 12.8 Å². The maximum atomic E-state index is 12.7. The normalized spacial score (nSPS) is 11.2. The van der Waals surface area contributed by atoms with Crippen molar-refractivity contribution in [3.05, 3.63) is 29.3 Å².